The van der Waals surface area contributed by atoms with E-state index in [9.17, 15) is 13.2 Å². The van der Waals surface area contributed by atoms with E-state index in [4.69, 9.17) is 5.10 Å². The highest BCUT2D eigenvalue weighted by molar-refractivity contribution is 7.92. The van der Waals surface area contributed by atoms with Crippen LogP contribution in [0.3, 0.4) is 0 Å². The van der Waals surface area contributed by atoms with E-state index in [-0.39, 0.29) is 5.41 Å². The lowest BCUT2D eigenvalue weighted by Gasteiger charge is -2.38. The van der Waals surface area contributed by atoms with Gasteiger partial charge < -0.3 is 0 Å². The van der Waals surface area contributed by atoms with Crippen LogP contribution in [0, 0.1) is 17.3 Å². The summed E-state index contributed by atoms with van der Waals surface area (Å²) in [4.78, 5) is 14.3. The molecule has 6 nitrogen and oxygen atoms in total. The van der Waals surface area contributed by atoms with Crippen LogP contribution in [0.4, 0.5) is 0 Å². The van der Waals surface area contributed by atoms with Gasteiger partial charge in [0.05, 0.1) is 17.2 Å². The summed E-state index contributed by atoms with van der Waals surface area (Å²) in [6.45, 7) is 6.53. The van der Waals surface area contributed by atoms with Gasteiger partial charge in [-0.25, -0.2) is 8.42 Å². The zero-order valence-electron chi connectivity index (χ0n) is 18.8. The van der Waals surface area contributed by atoms with E-state index in [1.54, 1.807) is 0 Å². The Kier molecular flexibility index (Phi) is 4.54. The standard InChI is InChI=1S/C24H35N3O3S/c1-15(2)27-22(11-21(25-27)16-3-5-18(28)6-4-16)23-19-9-17(10-20(19)23)26-8-7-24(12-26)13-31(29,30)14-24/h11,15-17,19-20,23H,3-10,12-14H2,1-2H3. The van der Waals surface area contributed by atoms with Crippen molar-refractivity contribution in [1.29, 1.82) is 0 Å². The van der Waals surface area contributed by atoms with Gasteiger partial charge in [0.2, 0.25) is 0 Å². The summed E-state index contributed by atoms with van der Waals surface area (Å²) < 4.78 is 25.7. The first kappa shape index (κ1) is 20.4. The maximum Gasteiger partial charge on any atom is 0.151 e. The molecule has 2 unspecified atom stereocenters. The van der Waals surface area contributed by atoms with Gasteiger partial charge in [-0.1, -0.05) is 0 Å². The summed E-state index contributed by atoms with van der Waals surface area (Å²) in [5, 5.41) is 5.03. The van der Waals surface area contributed by atoms with Gasteiger partial charge in [0.15, 0.2) is 9.84 Å². The third-order valence-electron chi connectivity index (χ3n) is 9.03. The third kappa shape index (κ3) is 3.41. The number of hydrogen-bond acceptors (Lipinski definition) is 5. The number of hydrogen-bond donors (Lipinski definition) is 0. The Morgan fingerprint density at radius 1 is 1.13 bits per heavy atom. The molecule has 0 radical (unpaired) electrons. The molecule has 0 amide bonds. The molecule has 1 spiro atoms. The van der Waals surface area contributed by atoms with Crippen molar-refractivity contribution in [3.05, 3.63) is 17.5 Å². The van der Waals surface area contributed by atoms with Gasteiger partial charge in [-0.15, -0.1) is 0 Å². The first-order chi connectivity index (χ1) is 14.7. The number of carbonyl (C=O) groups excluding carboxylic acids is 1. The smallest absolute Gasteiger partial charge is 0.151 e. The van der Waals surface area contributed by atoms with Gasteiger partial charge in [0.25, 0.3) is 0 Å². The molecule has 1 aromatic rings. The molecule has 2 saturated heterocycles. The topological polar surface area (TPSA) is 72.3 Å². The van der Waals surface area contributed by atoms with Crippen molar-refractivity contribution < 1.29 is 13.2 Å². The summed E-state index contributed by atoms with van der Waals surface area (Å²) in [5.41, 5.74) is 2.72. The zero-order chi connectivity index (χ0) is 21.5. The lowest BCUT2D eigenvalue weighted by atomic mass is 9.86. The van der Waals surface area contributed by atoms with E-state index in [0.29, 0.717) is 54.1 Å². The van der Waals surface area contributed by atoms with Crippen molar-refractivity contribution in [2.75, 3.05) is 24.6 Å². The molecule has 170 valence electrons. The van der Waals surface area contributed by atoms with E-state index in [0.717, 1.165) is 44.2 Å². The van der Waals surface area contributed by atoms with E-state index in [2.05, 4.69) is 29.5 Å². The highest BCUT2D eigenvalue weighted by Crippen LogP contribution is 2.64. The predicted octanol–water partition coefficient (Wildman–Crippen LogP) is 3.30. The number of sulfone groups is 1. The van der Waals surface area contributed by atoms with Crippen LogP contribution in [0.25, 0.3) is 0 Å². The Balaban J connectivity index is 1.12. The molecule has 5 fully saturated rings. The van der Waals surface area contributed by atoms with Crippen molar-refractivity contribution in [2.45, 2.75) is 82.7 Å². The second-order valence-corrected chi connectivity index (χ2v) is 13.6. The fourth-order valence-corrected chi connectivity index (χ4v) is 9.74. The number of nitrogens with zero attached hydrogens (tertiary/aromatic N) is 3. The molecule has 6 rings (SSSR count). The minimum Gasteiger partial charge on any atom is -0.300 e. The molecule has 2 atom stereocenters. The van der Waals surface area contributed by atoms with E-state index < -0.39 is 9.84 Å². The highest BCUT2D eigenvalue weighted by atomic mass is 32.2. The summed E-state index contributed by atoms with van der Waals surface area (Å²) in [6.07, 6.45) is 6.92. The minimum absolute atomic E-state index is 0.0809. The van der Waals surface area contributed by atoms with E-state index in [1.807, 2.05) is 0 Å². The molecular formula is C24H35N3O3S. The van der Waals surface area contributed by atoms with Gasteiger partial charge in [-0.05, 0) is 70.4 Å². The average Bonchev–Trinajstić information content (AvgIpc) is 3.13. The number of likely N-dealkylation sites (tertiary alicyclic amines) is 1. The Morgan fingerprint density at radius 2 is 1.81 bits per heavy atom. The van der Waals surface area contributed by atoms with Gasteiger partial charge in [0.1, 0.15) is 5.78 Å². The Hall–Kier alpha value is -1.21. The van der Waals surface area contributed by atoms with Gasteiger partial charge in [-0.3, -0.25) is 14.4 Å². The maximum absolute atomic E-state index is 11.7. The number of aromatic nitrogens is 2. The average molecular weight is 446 g/mol. The molecular weight excluding hydrogens is 410 g/mol. The second kappa shape index (κ2) is 6.89. The summed E-state index contributed by atoms with van der Waals surface area (Å²) in [6, 6.07) is 3.39. The first-order valence-electron chi connectivity index (χ1n) is 12.3. The fraction of sp³-hybridized carbons (Fsp3) is 0.833. The largest absolute Gasteiger partial charge is 0.300 e. The quantitative estimate of drug-likeness (QED) is 0.711. The van der Waals surface area contributed by atoms with Crippen LogP contribution in [0.15, 0.2) is 6.07 Å². The molecule has 1 aromatic heterocycles. The number of Topliss-reactive ketones (excluding diaryl/α,β-unsaturated/α-hetero) is 1. The van der Waals surface area contributed by atoms with Crippen molar-refractivity contribution in [1.82, 2.24) is 14.7 Å². The summed E-state index contributed by atoms with van der Waals surface area (Å²) in [5.74, 6) is 3.87. The summed E-state index contributed by atoms with van der Waals surface area (Å²) in [7, 11) is -2.75. The van der Waals surface area contributed by atoms with Gasteiger partial charge in [0, 0.05) is 54.4 Å². The predicted molar refractivity (Wildman–Crippen MR) is 119 cm³/mol. The van der Waals surface area contributed by atoms with Crippen LogP contribution in [-0.4, -0.2) is 59.5 Å². The van der Waals surface area contributed by atoms with Crippen LogP contribution >= 0.6 is 0 Å². The molecule has 2 aliphatic heterocycles. The van der Waals surface area contributed by atoms with Crippen molar-refractivity contribution in [2.24, 2.45) is 17.3 Å². The normalized spacial score (nSPS) is 36.8. The monoisotopic (exact) mass is 445 g/mol. The highest BCUT2D eigenvalue weighted by Gasteiger charge is 2.60. The molecule has 0 aromatic carbocycles. The van der Waals surface area contributed by atoms with Crippen molar-refractivity contribution >= 4 is 15.6 Å². The number of rotatable bonds is 4. The maximum atomic E-state index is 11.7. The van der Waals surface area contributed by atoms with Crippen molar-refractivity contribution in [3.63, 3.8) is 0 Å². The molecule has 3 aliphatic carbocycles. The Bertz CT molecular complexity index is 979. The van der Waals surface area contributed by atoms with Crippen LogP contribution in [-0.2, 0) is 14.6 Å². The molecule has 7 heteroatoms. The Labute approximate surface area is 185 Å². The van der Waals surface area contributed by atoms with Gasteiger partial charge in [-0.2, -0.15) is 5.10 Å². The number of carbonyl (C=O) groups is 1. The molecule has 3 saturated carbocycles. The minimum atomic E-state index is -2.75. The SMILES string of the molecule is CC(C)n1nc(C2CCC(=O)CC2)cc1C1C2CC(N3CCC4(C3)CS(=O)(=O)C4)CC21. The van der Waals surface area contributed by atoms with E-state index in [1.165, 1.54) is 24.2 Å². The van der Waals surface area contributed by atoms with Crippen LogP contribution in [0.5, 0.6) is 0 Å². The van der Waals surface area contributed by atoms with Crippen LogP contribution in [0.1, 0.15) is 88.1 Å². The molecule has 0 N–H and O–H groups in total. The number of fused-ring (bicyclic) bond motifs is 1. The number of ketones is 1. The van der Waals surface area contributed by atoms with Crippen molar-refractivity contribution in [3.8, 4) is 0 Å². The fourth-order valence-electron chi connectivity index (χ4n) is 7.48. The van der Waals surface area contributed by atoms with Gasteiger partial charge >= 0.3 is 0 Å². The van der Waals surface area contributed by atoms with E-state index >= 15 is 0 Å². The lowest BCUT2D eigenvalue weighted by molar-refractivity contribution is -0.120. The zero-order valence-corrected chi connectivity index (χ0v) is 19.6. The first-order valence-corrected chi connectivity index (χ1v) is 14.1. The molecule has 5 aliphatic rings. The molecule has 31 heavy (non-hydrogen) atoms. The second-order valence-electron chi connectivity index (χ2n) is 11.6. The molecule has 0 bridgehead atoms. The van der Waals surface area contributed by atoms with Crippen LogP contribution < -0.4 is 0 Å². The lowest BCUT2D eigenvalue weighted by Crippen LogP contribution is -2.50. The molecule has 3 heterocycles. The summed E-state index contributed by atoms with van der Waals surface area (Å²) >= 11 is 0. The Morgan fingerprint density at radius 3 is 2.42 bits per heavy atom. The van der Waals surface area contributed by atoms with Crippen LogP contribution in [0.2, 0.25) is 0 Å². The third-order valence-corrected chi connectivity index (χ3v) is 11.1.